The summed E-state index contributed by atoms with van der Waals surface area (Å²) in [4.78, 5) is 13.3. The number of hydrogen-bond acceptors (Lipinski definition) is 4. The van der Waals surface area contributed by atoms with Crippen LogP contribution in [-0.2, 0) is 0 Å². The van der Waals surface area contributed by atoms with Gasteiger partial charge in [-0.2, -0.15) is 0 Å². The standard InChI is InChI=1S/C15H23N3O2/c1-3-6-12-9-10-17(11-12)14-8-5-7-13(16-4-2)15(14)18(19)20/h5,7-8,12,16H,3-4,6,9-11H2,1-2H3. The molecule has 2 rings (SSSR count). The SMILES string of the molecule is CCCC1CCN(c2cccc(NCC)c2[N+](=O)[O-])C1. The zero-order valence-electron chi connectivity index (χ0n) is 12.3. The lowest BCUT2D eigenvalue weighted by atomic mass is 10.0. The van der Waals surface area contributed by atoms with Crippen molar-refractivity contribution in [2.24, 2.45) is 5.92 Å². The molecular formula is C15H23N3O2. The molecule has 1 fully saturated rings. The first-order valence-corrected chi connectivity index (χ1v) is 7.43. The van der Waals surface area contributed by atoms with Crippen LogP contribution in [0.1, 0.15) is 33.1 Å². The molecule has 20 heavy (non-hydrogen) atoms. The lowest BCUT2D eigenvalue weighted by Gasteiger charge is -2.20. The van der Waals surface area contributed by atoms with Crippen molar-refractivity contribution in [3.63, 3.8) is 0 Å². The molecule has 1 N–H and O–H groups in total. The van der Waals surface area contributed by atoms with Gasteiger partial charge in [-0.15, -0.1) is 0 Å². The van der Waals surface area contributed by atoms with Crippen LogP contribution in [0.15, 0.2) is 18.2 Å². The van der Waals surface area contributed by atoms with Crippen LogP contribution in [-0.4, -0.2) is 24.6 Å². The zero-order valence-corrected chi connectivity index (χ0v) is 12.3. The molecule has 0 spiro atoms. The van der Waals surface area contributed by atoms with Crippen LogP contribution in [0.3, 0.4) is 0 Å². The Morgan fingerprint density at radius 1 is 1.45 bits per heavy atom. The quantitative estimate of drug-likeness (QED) is 0.637. The highest BCUT2D eigenvalue weighted by atomic mass is 16.6. The summed E-state index contributed by atoms with van der Waals surface area (Å²) in [6.45, 7) is 6.68. The average Bonchev–Trinajstić information content (AvgIpc) is 2.87. The number of nitro benzene ring substituents is 1. The zero-order chi connectivity index (χ0) is 14.5. The van der Waals surface area contributed by atoms with Gasteiger partial charge in [0.15, 0.2) is 0 Å². The molecule has 0 saturated carbocycles. The van der Waals surface area contributed by atoms with E-state index in [0.29, 0.717) is 18.2 Å². The predicted molar refractivity (Wildman–Crippen MR) is 82.5 cm³/mol. The highest BCUT2D eigenvalue weighted by Gasteiger charge is 2.28. The highest BCUT2D eigenvalue weighted by Crippen LogP contribution is 2.38. The van der Waals surface area contributed by atoms with Gasteiger partial charge in [-0.1, -0.05) is 19.4 Å². The molecule has 5 nitrogen and oxygen atoms in total. The summed E-state index contributed by atoms with van der Waals surface area (Å²) < 4.78 is 0. The van der Waals surface area contributed by atoms with E-state index in [1.54, 1.807) is 6.07 Å². The Labute approximate surface area is 120 Å². The van der Waals surface area contributed by atoms with Crippen LogP contribution in [0.25, 0.3) is 0 Å². The van der Waals surface area contributed by atoms with Crippen LogP contribution in [0.4, 0.5) is 17.1 Å². The first kappa shape index (κ1) is 14.6. The van der Waals surface area contributed by atoms with Gasteiger partial charge in [0.05, 0.1) is 4.92 Å². The third-order valence-corrected chi connectivity index (χ3v) is 3.89. The number of nitrogens with zero attached hydrogens (tertiary/aromatic N) is 2. The number of para-hydroxylation sites is 1. The van der Waals surface area contributed by atoms with Gasteiger partial charge in [-0.05, 0) is 37.8 Å². The molecule has 1 aliphatic rings. The molecule has 1 aliphatic heterocycles. The number of anilines is 2. The fourth-order valence-corrected chi connectivity index (χ4v) is 3.01. The summed E-state index contributed by atoms with van der Waals surface area (Å²) in [7, 11) is 0. The highest BCUT2D eigenvalue weighted by molar-refractivity contribution is 5.77. The van der Waals surface area contributed by atoms with E-state index in [1.165, 1.54) is 12.8 Å². The first-order chi connectivity index (χ1) is 9.67. The number of nitrogens with one attached hydrogen (secondary N) is 1. The summed E-state index contributed by atoms with van der Waals surface area (Å²) in [5.41, 5.74) is 1.59. The molecule has 1 aromatic carbocycles. The van der Waals surface area contributed by atoms with E-state index in [1.807, 2.05) is 19.1 Å². The Bertz CT molecular complexity index is 476. The van der Waals surface area contributed by atoms with E-state index in [9.17, 15) is 10.1 Å². The minimum absolute atomic E-state index is 0.214. The van der Waals surface area contributed by atoms with Crippen molar-refractivity contribution >= 4 is 17.1 Å². The molecule has 0 bridgehead atoms. The van der Waals surface area contributed by atoms with Gasteiger partial charge in [0.2, 0.25) is 0 Å². The van der Waals surface area contributed by atoms with E-state index >= 15 is 0 Å². The summed E-state index contributed by atoms with van der Waals surface area (Å²) in [5, 5.41) is 14.5. The second kappa shape index (κ2) is 6.59. The smallest absolute Gasteiger partial charge is 0.315 e. The second-order valence-electron chi connectivity index (χ2n) is 5.35. The lowest BCUT2D eigenvalue weighted by molar-refractivity contribution is -0.383. The van der Waals surface area contributed by atoms with Crippen LogP contribution >= 0.6 is 0 Å². The summed E-state index contributed by atoms with van der Waals surface area (Å²) >= 11 is 0. The molecule has 1 atom stereocenters. The molecule has 110 valence electrons. The Balaban J connectivity index is 2.27. The van der Waals surface area contributed by atoms with Crippen molar-refractivity contribution < 1.29 is 4.92 Å². The van der Waals surface area contributed by atoms with Gasteiger partial charge < -0.3 is 10.2 Å². The van der Waals surface area contributed by atoms with Crippen LogP contribution in [0.5, 0.6) is 0 Å². The number of benzene rings is 1. The Morgan fingerprint density at radius 2 is 2.25 bits per heavy atom. The fraction of sp³-hybridized carbons (Fsp3) is 0.600. The summed E-state index contributed by atoms with van der Waals surface area (Å²) in [5.74, 6) is 0.669. The third-order valence-electron chi connectivity index (χ3n) is 3.89. The molecule has 0 aromatic heterocycles. The topological polar surface area (TPSA) is 58.4 Å². The van der Waals surface area contributed by atoms with E-state index < -0.39 is 0 Å². The van der Waals surface area contributed by atoms with Gasteiger partial charge in [0.1, 0.15) is 11.4 Å². The normalized spacial score (nSPS) is 18.3. The molecule has 0 aliphatic carbocycles. The molecule has 5 heteroatoms. The Kier molecular flexibility index (Phi) is 4.82. The predicted octanol–water partition coefficient (Wildman–Crippen LogP) is 3.65. The maximum absolute atomic E-state index is 11.4. The molecule has 1 aromatic rings. The molecule has 1 saturated heterocycles. The fourth-order valence-electron chi connectivity index (χ4n) is 3.01. The summed E-state index contributed by atoms with van der Waals surface area (Å²) in [6.07, 6.45) is 3.52. The van der Waals surface area contributed by atoms with E-state index in [4.69, 9.17) is 0 Å². The van der Waals surface area contributed by atoms with Crippen LogP contribution in [0.2, 0.25) is 0 Å². The van der Waals surface area contributed by atoms with Crippen molar-refractivity contribution in [1.29, 1.82) is 0 Å². The van der Waals surface area contributed by atoms with E-state index in [-0.39, 0.29) is 10.6 Å². The van der Waals surface area contributed by atoms with Gasteiger partial charge in [-0.25, -0.2) is 0 Å². The van der Waals surface area contributed by atoms with Crippen molar-refractivity contribution in [2.75, 3.05) is 29.9 Å². The molecular weight excluding hydrogens is 254 g/mol. The molecule has 1 unspecified atom stereocenters. The maximum atomic E-state index is 11.4. The van der Waals surface area contributed by atoms with Gasteiger partial charge in [0.25, 0.3) is 0 Å². The van der Waals surface area contributed by atoms with Crippen molar-refractivity contribution in [2.45, 2.75) is 33.1 Å². The van der Waals surface area contributed by atoms with Crippen molar-refractivity contribution in [3.05, 3.63) is 28.3 Å². The Hall–Kier alpha value is -1.78. The summed E-state index contributed by atoms with van der Waals surface area (Å²) in [6, 6.07) is 5.55. The van der Waals surface area contributed by atoms with Crippen molar-refractivity contribution in [1.82, 2.24) is 0 Å². The maximum Gasteiger partial charge on any atom is 0.315 e. The van der Waals surface area contributed by atoms with Gasteiger partial charge in [0, 0.05) is 19.6 Å². The Morgan fingerprint density at radius 3 is 2.90 bits per heavy atom. The van der Waals surface area contributed by atoms with Gasteiger partial charge >= 0.3 is 5.69 Å². The first-order valence-electron chi connectivity index (χ1n) is 7.43. The van der Waals surface area contributed by atoms with Crippen LogP contribution in [0, 0.1) is 16.0 Å². The average molecular weight is 277 g/mol. The largest absolute Gasteiger partial charge is 0.380 e. The monoisotopic (exact) mass is 277 g/mol. The van der Waals surface area contributed by atoms with Crippen molar-refractivity contribution in [3.8, 4) is 0 Å². The number of rotatable bonds is 6. The number of nitro groups is 1. The second-order valence-corrected chi connectivity index (χ2v) is 5.35. The van der Waals surface area contributed by atoms with E-state index in [2.05, 4.69) is 17.1 Å². The van der Waals surface area contributed by atoms with Crippen LogP contribution < -0.4 is 10.2 Å². The lowest BCUT2D eigenvalue weighted by Crippen LogP contribution is -2.21. The third kappa shape index (κ3) is 3.03. The minimum atomic E-state index is -0.263. The minimum Gasteiger partial charge on any atom is -0.380 e. The molecule has 0 amide bonds. The van der Waals surface area contributed by atoms with Gasteiger partial charge in [-0.3, -0.25) is 10.1 Å². The van der Waals surface area contributed by atoms with E-state index in [0.717, 1.165) is 25.2 Å². The molecule has 1 heterocycles. The number of hydrogen-bond donors (Lipinski definition) is 1. The molecule has 0 radical (unpaired) electrons.